The first-order valence-corrected chi connectivity index (χ1v) is 13.4. The second-order valence-electron chi connectivity index (χ2n) is 10.7. The van der Waals surface area contributed by atoms with Gasteiger partial charge in [0.1, 0.15) is 5.75 Å². The van der Waals surface area contributed by atoms with Gasteiger partial charge in [0, 0.05) is 5.92 Å². The predicted molar refractivity (Wildman–Crippen MR) is 147 cm³/mol. The highest BCUT2D eigenvalue weighted by Crippen LogP contribution is 2.51. The van der Waals surface area contributed by atoms with Crippen molar-refractivity contribution in [1.82, 2.24) is 0 Å². The molecule has 0 unspecified atom stereocenters. The Labute approximate surface area is 223 Å². The lowest BCUT2D eigenvalue weighted by Crippen LogP contribution is -2.35. The van der Waals surface area contributed by atoms with E-state index in [1.807, 2.05) is 12.1 Å². The third-order valence-electron chi connectivity index (χ3n) is 8.09. The topological polar surface area (TPSA) is 107 Å². The average Bonchev–Trinajstić information content (AvgIpc) is 3.43. The number of phenols is 1. The van der Waals surface area contributed by atoms with Crippen LogP contribution in [0.1, 0.15) is 51.5 Å². The average molecular weight is 515 g/mol. The number of amides is 2. The van der Waals surface area contributed by atoms with E-state index in [9.17, 15) is 24.7 Å². The third-order valence-corrected chi connectivity index (χ3v) is 8.09. The maximum Gasteiger partial charge on any atom is 0.488 e. The van der Waals surface area contributed by atoms with Crippen LogP contribution in [-0.2, 0) is 14.3 Å². The van der Waals surface area contributed by atoms with Crippen molar-refractivity contribution in [3.8, 4) is 5.75 Å². The van der Waals surface area contributed by atoms with Crippen LogP contribution in [0.2, 0.25) is 0 Å². The third kappa shape index (κ3) is 4.96. The molecule has 0 radical (unpaired) electrons. The molecule has 3 N–H and O–H groups in total. The van der Waals surface area contributed by atoms with Gasteiger partial charge in [0.05, 0.1) is 30.2 Å². The van der Waals surface area contributed by atoms with Crippen molar-refractivity contribution in [2.24, 2.45) is 17.8 Å². The van der Waals surface area contributed by atoms with Gasteiger partial charge in [0.2, 0.25) is 11.8 Å². The van der Waals surface area contributed by atoms with Crippen LogP contribution in [0.4, 0.5) is 5.69 Å². The molecule has 2 aliphatic heterocycles. The number of carbonyl (C=O) groups is 2. The minimum atomic E-state index is -1.68. The molecule has 2 fully saturated rings. The zero-order valence-electron chi connectivity index (χ0n) is 21.8. The molecule has 0 aromatic heterocycles. The lowest BCUT2D eigenvalue weighted by molar-refractivity contribution is -0.122. The van der Waals surface area contributed by atoms with Gasteiger partial charge in [-0.2, -0.15) is 0 Å². The Hall–Kier alpha value is -3.20. The van der Waals surface area contributed by atoms with E-state index < -0.39 is 19.0 Å². The van der Waals surface area contributed by atoms with Crippen LogP contribution in [0.25, 0.3) is 6.08 Å². The molecule has 2 saturated heterocycles. The normalized spacial score (nSPS) is 25.2. The Balaban J connectivity index is 1.37. The van der Waals surface area contributed by atoms with E-state index in [0.29, 0.717) is 18.7 Å². The number of aromatic hydroxyl groups is 1. The molecule has 2 heterocycles. The molecule has 2 aromatic carbocycles. The minimum absolute atomic E-state index is 0.0736. The summed E-state index contributed by atoms with van der Waals surface area (Å²) in [4.78, 5) is 28.5. The van der Waals surface area contributed by atoms with Gasteiger partial charge in [-0.3, -0.25) is 14.5 Å². The smallest absolute Gasteiger partial charge is 0.488 e. The SMILES string of the molecule is CCCC1=C2[C@@H](CC/C(C)=C/c3ccc(O)cc3)OC[C@@H]2[C@@H]2C(=O)N(c3cccc(B(O)O)c3)C(=O)[C@@H]2C1. The largest absolute Gasteiger partial charge is 0.508 e. The Kier molecular flexibility index (Phi) is 7.57. The number of phenolic OH excluding ortho intramolecular Hbond substituents is 1. The number of anilines is 1. The summed E-state index contributed by atoms with van der Waals surface area (Å²) in [5.41, 5.74) is 5.33. The fourth-order valence-electron chi connectivity index (χ4n) is 6.38. The molecule has 2 aromatic rings. The van der Waals surface area contributed by atoms with E-state index >= 15 is 0 Å². The number of allylic oxidation sites excluding steroid dienone is 2. The first kappa shape index (κ1) is 26.4. The van der Waals surface area contributed by atoms with Gasteiger partial charge in [-0.25, -0.2) is 0 Å². The summed E-state index contributed by atoms with van der Waals surface area (Å²) in [6.45, 7) is 4.65. The Morgan fingerprint density at radius 2 is 1.87 bits per heavy atom. The molecule has 0 saturated carbocycles. The summed E-state index contributed by atoms with van der Waals surface area (Å²) in [6.07, 6.45) is 6.08. The van der Waals surface area contributed by atoms with E-state index in [-0.39, 0.29) is 35.0 Å². The van der Waals surface area contributed by atoms with Crippen molar-refractivity contribution in [3.05, 3.63) is 70.8 Å². The van der Waals surface area contributed by atoms with Gasteiger partial charge in [-0.15, -0.1) is 0 Å². The number of carbonyl (C=O) groups excluding carboxylic acids is 2. The number of hydrogen-bond donors (Lipinski definition) is 3. The summed E-state index contributed by atoms with van der Waals surface area (Å²) < 4.78 is 6.31. The second-order valence-corrected chi connectivity index (χ2v) is 10.7. The molecule has 198 valence electrons. The number of rotatable bonds is 8. The highest BCUT2D eigenvalue weighted by molar-refractivity contribution is 6.58. The number of nitrogens with zero attached hydrogens (tertiary/aromatic N) is 1. The number of ether oxygens (including phenoxy) is 1. The van der Waals surface area contributed by atoms with Crippen molar-refractivity contribution in [2.45, 2.75) is 52.1 Å². The van der Waals surface area contributed by atoms with Crippen molar-refractivity contribution < 1.29 is 29.5 Å². The Morgan fingerprint density at radius 1 is 1.11 bits per heavy atom. The van der Waals surface area contributed by atoms with Crippen LogP contribution in [0, 0.1) is 17.8 Å². The molecular weight excluding hydrogens is 481 g/mol. The molecule has 7 nitrogen and oxygen atoms in total. The zero-order chi connectivity index (χ0) is 27.0. The zero-order valence-corrected chi connectivity index (χ0v) is 21.8. The summed E-state index contributed by atoms with van der Waals surface area (Å²) in [6, 6.07) is 13.5. The first-order chi connectivity index (χ1) is 18.3. The molecule has 8 heteroatoms. The highest BCUT2D eigenvalue weighted by atomic mass is 16.5. The van der Waals surface area contributed by atoms with Crippen molar-refractivity contribution >= 4 is 36.2 Å². The molecule has 1 aliphatic carbocycles. The maximum absolute atomic E-state index is 13.7. The van der Waals surface area contributed by atoms with Crippen molar-refractivity contribution in [1.29, 1.82) is 0 Å². The highest BCUT2D eigenvalue weighted by Gasteiger charge is 2.57. The molecule has 3 aliphatic rings. The lowest BCUT2D eigenvalue weighted by Gasteiger charge is -2.31. The number of imide groups is 1. The van der Waals surface area contributed by atoms with E-state index in [4.69, 9.17) is 4.74 Å². The summed E-state index contributed by atoms with van der Waals surface area (Å²) in [7, 11) is -1.68. The monoisotopic (exact) mass is 515 g/mol. The van der Waals surface area contributed by atoms with Crippen LogP contribution < -0.4 is 10.4 Å². The number of fused-ring (bicyclic) bond motifs is 3. The van der Waals surface area contributed by atoms with Gasteiger partial charge in [-0.1, -0.05) is 54.8 Å². The standard InChI is InChI=1S/C30H34BNO6/c1-3-5-20-15-24-28(30(35)32(29(24)34)22-7-4-6-21(16-22)31(36)37)25-17-38-26(27(20)25)13-8-18(2)14-19-9-11-23(33)12-10-19/h4,6-7,9-12,14,16,24-26,28,33,36-37H,3,5,8,13,15,17H2,1-2H3/b18-14+/t24-,25+,26-,28-/m1/s1. The van der Waals surface area contributed by atoms with Gasteiger partial charge >= 0.3 is 7.12 Å². The van der Waals surface area contributed by atoms with Crippen molar-refractivity contribution in [2.75, 3.05) is 11.5 Å². The summed E-state index contributed by atoms with van der Waals surface area (Å²) >= 11 is 0. The molecule has 0 spiro atoms. The van der Waals surface area contributed by atoms with Gasteiger partial charge in [-0.05, 0) is 73.5 Å². The minimum Gasteiger partial charge on any atom is -0.508 e. The number of hydrogen-bond acceptors (Lipinski definition) is 6. The van der Waals surface area contributed by atoms with Gasteiger partial charge < -0.3 is 19.9 Å². The second kappa shape index (κ2) is 10.9. The fraction of sp³-hybridized carbons (Fsp3) is 0.400. The van der Waals surface area contributed by atoms with E-state index in [1.165, 1.54) is 27.7 Å². The fourth-order valence-corrected chi connectivity index (χ4v) is 6.38. The number of benzene rings is 2. The predicted octanol–water partition coefficient (Wildman–Crippen LogP) is 3.58. The first-order valence-electron chi connectivity index (χ1n) is 13.4. The molecule has 0 bridgehead atoms. The van der Waals surface area contributed by atoms with Crippen molar-refractivity contribution in [3.63, 3.8) is 0 Å². The van der Waals surface area contributed by atoms with Crippen LogP contribution in [0.15, 0.2) is 65.3 Å². The van der Waals surface area contributed by atoms with E-state index in [2.05, 4.69) is 19.9 Å². The summed E-state index contributed by atoms with van der Waals surface area (Å²) in [5.74, 6) is -1.19. The molecular formula is C30H34BNO6. The molecule has 4 atom stereocenters. The molecule has 5 rings (SSSR count). The Morgan fingerprint density at radius 3 is 2.58 bits per heavy atom. The quantitative estimate of drug-likeness (QED) is 0.282. The summed E-state index contributed by atoms with van der Waals surface area (Å²) in [5, 5.41) is 28.7. The van der Waals surface area contributed by atoms with Crippen LogP contribution in [-0.4, -0.2) is 46.8 Å². The van der Waals surface area contributed by atoms with Gasteiger partial charge in [0.15, 0.2) is 0 Å². The molecule has 2 amide bonds. The van der Waals surface area contributed by atoms with Crippen LogP contribution in [0.3, 0.4) is 0 Å². The van der Waals surface area contributed by atoms with Crippen LogP contribution >= 0.6 is 0 Å². The molecule has 38 heavy (non-hydrogen) atoms. The van der Waals surface area contributed by atoms with E-state index in [0.717, 1.165) is 31.2 Å². The Bertz CT molecular complexity index is 1280. The maximum atomic E-state index is 13.7. The lowest BCUT2D eigenvalue weighted by atomic mass is 9.68. The van der Waals surface area contributed by atoms with Gasteiger partial charge in [0.25, 0.3) is 0 Å². The van der Waals surface area contributed by atoms with Crippen LogP contribution in [0.5, 0.6) is 5.75 Å². The van der Waals surface area contributed by atoms with E-state index in [1.54, 1.807) is 30.3 Å².